The number of para-hydroxylation sites is 2. The molecular formula is C13H19N5. The molecule has 0 fully saturated rings. The van der Waals surface area contributed by atoms with E-state index in [-0.39, 0.29) is 0 Å². The lowest BCUT2D eigenvalue weighted by Gasteiger charge is -2.20. The van der Waals surface area contributed by atoms with Crippen molar-refractivity contribution in [2.24, 2.45) is 0 Å². The van der Waals surface area contributed by atoms with Crippen LogP contribution in [0, 0.1) is 0 Å². The smallest absolute Gasteiger partial charge is 0.146 e. The lowest BCUT2D eigenvalue weighted by Crippen LogP contribution is -2.21. The fourth-order valence-electron chi connectivity index (χ4n) is 1.94. The Kier molecular flexibility index (Phi) is 3.82. The Morgan fingerprint density at radius 2 is 2.11 bits per heavy atom. The number of nitrogen functional groups attached to an aromatic ring is 1. The van der Waals surface area contributed by atoms with Crippen LogP contribution in [0.3, 0.4) is 0 Å². The summed E-state index contributed by atoms with van der Waals surface area (Å²) in [7, 11) is 2.01. The van der Waals surface area contributed by atoms with E-state index in [0.717, 1.165) is 30.2 Å². The Labute approximate surface area is 107 Å². The summed E-state index contributed by atoms with van der Waals surface area (Å²) >= 11 is 0. The van der Waals surface area contributed by atoms with Gasteiger partial charge in [-0.3, -0.25) is 0 Å². The minimum Gasteiger partial charge on any atom is -0.397 e. The highest BCUT2D eigenvalue weighted by Crippen LogP contribution is 2.22. The number of aromatic nitrogens is 3. The van der Waals surface area contributed by atoms with Gasteiger partial charge in [-0.1, -0.05) is 19.1 Å². The van der Waals surface area contributed by atoms with E-state index >= 15 is 0 Å². The fourth-order valence-corrected chi connectivity index (χ4v) is 1.94. The summed E-state index contributed by atoms with van der Waals surface area (Å²) in [4.78, 5) is 6.39. The molecule has 0 atom stereocenters. The van der Waals surface area contributed by atoms with Crippen molar-refractivity contribution in [3.05, 3.63) is 36.4 Å². The predicted molar refractivity (Wildman–Crippen MR) is 73.3 cm³/mol. The fraction of sp³-hybridized carbons (Fsp3) is 0.385. The third-order valence-corrected chi connectivity index (χ3v) is 2.86. The molecule has 1 heterocycles. The van der Waals surface area contributed by atoms with E-state index in [2.05, 4.69) is 21.9 Å². The van der Waals surface area contributed by atoms with Crippen LogP contribution in [-0.4, -0.2) is 21.8 Å². The van der Waals surface area contributed by atoms with Crippen LogP contribution < -0.4 is 10.6 Å². The summed E-state index contributed by atoms with van der Waals surface area (Å²) in [6, 6.07) is 7.84. The summed E-state index contributed by atoms with van der Waals surface area (Å²) in [6.45, 7) is 3.73. The van der Waals surface area contributed by atoms with Crippen LogP contribution in [0.15, 0.2) is 30.6 Å². The molecule has 0 aliphatic rings. The first kappa shape index (κ1) is 12.4. The number of hydrogen-bond donors (Lipinski definition) is 1. The SMILES string of the molecule is CCCn1ncnc1CN(C)c1ccccc1N. The van der Waals surface area contributed by atoms with Crippen molar-refractivity contribution in [1.82, 2.24) is 14.8 Å². The zero-order valence-corrected chi connectivity index (χ0v) is 10.9. The maximum atomic E-state index is 5.96. The van der Waals surface area contributed by atoms with Crippen LogP contribution in [0.5, 0.6) is 0 Å². The van der Waals surface area contributed by atoms with Crippen molar-refractivity contribution >= 4 is 11.4 Å². The van der Waals surface area contributed by atoms with Crippen molar-refractivity contribution in [3.63, 3.8) is 0 Å². The van der Waals surface area contributed by atoms with E-state index in [4.69, 9.17) is 5.73 Å². The summed E-state index contributed by atoms with van der Waals surface area (Å²) in [6.07, 6.45) is 2.65. The van der Waals surface area contributed by atoms with E-state index in [1.54, 1.807) is 6.33 Å². The maximum Gasteiger partial charge on any atom is 0.146 e. The van der Waals surface area contributed by atoms with Gasteiger partial charge in [0, 0.05) is 13.6 Å². The molecule has 1 aromatic heterocycles. The van der Waals surface area contributed by atoms with Gasteiger partial charge >= 0.3 is 0 Å². The number of benzene rings is 1. The Morgan fingerprint density at radius 1 is 1.33 bits per heavy atom. The Bertz CT molecular complexity index is 506. The number of nitrogens with two attached hydrogens (primary N) is 1. The first-order chi connectivity index (χ1) is 8.72. The van der Waals surface area contributed by atoms with Gasteiger partial charge in [-0.05, 0) is 18.6 Å². The minimum absolute atomic E-state index is 0.703. The van der Waals surface area contributed by atoms with Gasteiger partial charge in [-0.15, -0.1) is 0 Å². The number of aryl methyl sites for hydroxylation is 1. The third kappa shape index (κ3) is 2.61. The zero-order valence-electron chi connectivity index (χ0n) is 10.9. The van der Waals surface area contributed by atoms with Gasteiger partial charge in [0.1, 0.15) is 12.2 Å². The van der Waals surface area contributed by atoms with E-state index in [0.29, 0.717) is 6.54 Å². The molecule has 5 nitrogen and oxygen atoms in total. The van der Waals surface area contributed by atoms with Gasteiger partial charge in [-0.25, -0.2) is 9.67 Å². The molecule has 0 aliphatic heterocycles. The molecule has 0 bridgehead atoms. The van der Waals surface area contributed by atoms with Gasteiger partial charge in [0.15, 0.2) is 0 Å². The molecule has 2 rings (SSSR count). The van der Waals surface area contributed by atoms with E-state index in [9.17, 15) is 0 Å². The zero-order chi connectivity index (χ0) is 13.0. The Hall–Kier alpha value is -2.04. The molecule has 5 heteroatoms. The summed E-state index contributed by atoms with van der Waals surface area (Å²) in [5.74, 6) is 0.961. The van der Waals surface area contributed by atoms with Crippen LogP contribution in [-0.2, 0) is 13.1 Å². The largest absolute Gasteiger partial charge is 0.397 e. The molecule has 2 aromatic rings. The van der Waals surface area contributed by atoms with Crippen LogP contribution in [0.25, 0.3) is 0 Å². The Balaban J connectivity index is 2.14. The number of rotatable bonds is 5. The standard InChI is InChI=1S/C13H19N5/c1-3-8-18-13(15-10-16-18)9-17(2)12-7-5-4-6-11(12)14/h4-7,10H,3,8-9,14H2,1-2H3. The van der Waals surface area contributed by atoms with E-state index in [1.807, 2.05) is 36.0 Å². The highest BCUT2D eigenvalue weighted by atomic mass is 15.3. The first-order valence-electron chi connectivity index (χ1n) is 6.14. The molecule has 96 valence electrons. The van der Waals surface area contributed by atoms with Crippen molar-refractivity contribution in [2.45, 2.75) is 26.4 Å². The molecule has 0 saturated carbocycles. The molecule has 2 N–H and O–H groups in total. The van der Waals surface area contributed by atoms with Crippen LogP contribution in [0.4, 0.5) is 11.4 Å². The number of hydrogen-bond acceptors (Lipinski definition) is 4. The predicted octanol–water partition coefficient (Wildman–Crippen LogP) is 1.91. The topological polar surface area (TPSA) is 60.0 Å². The quantitative estimate of drug-likeness (QED) is 0.817. The van der Waals surface area contributed by atoms with Crippen LogP contribution in [0.2, 0.25) is 0 Å². The second kappa shape index (κ2) is 5.53. The molecule has 0 radical (unpaired) electrons. The normalized spacial score (nSPS) is 10.6. The average Bonchev–Trinajstić information content (AvgIpc) is 2.78. The van der Waals surface area contributed by atoms with Crippen molar-refractivity contribution in [1.29, 1.82) is 0 Å². The molecule has 0 spiro atoms. The maximum absolute atomic E-state index is 5.96. The molecule has 0 amide bonds. The number of nitrogens with zero attached hydrogens (tertiary/aromatic N) is 4. The highest BCUT2D eigenvalue weighted by molar-refractivity contribution is 5.66. The van der Waals surface area contributed by atoms with Crippen LogP contribution in [0.1, 0.15) is 19.2 Å². The summed E-state index contributed by atoms with van der Waals surface area (Å²) in [5.41, 5.74) is 7.76. The van der Waals surface area contributed by atoms with Gasteiger partial charge in [0.2, 0.25) is 0 Å². The molecule has 0 aliphatic carbocycles. The number of anilines is 2. The van der Waals surface area contributed by atoms with Gasteiger partial charge in [0.05, 0.1) is 17.9 Å². The average molecular weight is 245 g/mol. The monoisotopic (exact) mass is 245 g/mol. The Morgan fingerprint density at radius 3 is 2.83 bits per heavy atom. The minimum atomic E-state index is 0.703. The third-order valence-electron chi connectivity index (χ3n) is 2.86. The lowest BCUT2D eigenvalue weighted by molar-refractivity contribution is 0.566. The molecular weight excluding hydrogens is 226 g/mol. The molecule has 0 unspecified atom stereocenters. The first-order valence-corrected chi connectivity index (χ1v) is 6.14. The molecule has 0 saturated heterocycles. The lowest BCUT2D eigenvalue weighted by atomic mass is 10.2. The van der Waals surface area contributed by atoms with Crippen molar-refractivity contribution in [2.75, 3.05) is 17.7 Å². The van der Waals surface area contributed by atoms with Gasteiger partial charge < -0.3 is 10.6 Å². The summed E-state index contributed by atoms with van der Waals surface area (Å²) in [5, 5.41) is 4.22. The molecule has 1 aromatic carbocycles. The van der Waals surface area contributed by atoms with E-state index in [1.165, 1.54) is 0 Å². The second-order valence-corrected chi connectivity index (χ2v) is 4.31. The highest BCUT2D eigenvalue weighted by Gasteiger charge is 2.09. The van der Waals surface area contributed by atoms with Crippen LogP contribution >= 0.6 is 0 Å². The van der Waals surface area contributed by atoms with Gasteiger partial charge in [-0.2, -0.15) is 5.10 Å². The van der Waals surface area contributed by atoms with Gasteiger partial charge in [0.25, 0.3) is 0 Å². The summed E-state index contributed by atoms with van der Waals surface area (Å²) < 4.78 is 1.94. The van der Waals surface area contributed by atoms with E-state index < -0.39 is 0 Å². The molecule has 18 heavy (non-hydrogen) atoms. The van der Waals surface area contributed by atoms with Crippen molar-refractivity contribution in [3.8, 4) is 0 Å². The van der Waals surface area contributed by atoms with Crippen molar-refractivity contribution < 1.29 is 0 Å². The second-order valence-electron chi connectivity index (χ2n) is 4.31.